The Bertz CT molecular complexity index is 563. The van der Waals surface area contributed by atoms with Gasteiger partial charge in [-0.1, -0.05) is 25.5 Å². The summed E-state index contributed by atoms with van der Waals surface area (Å²) in [5, 5.41) is 3.41. The van der Waals surface area contributed by atoms with Gasteiger partial charge in [0.15, 0.2) is 0 Å². The number of carbonyl (C=O) groups excluding carboxylic acids is 1. The van der Waals surface area contributed by atoms with E-state index >= 15 is 0 Å². The Morgan fingerprint density at radius 1 is 1.42 bits per heavy atom. The van der Waals surface area contributed by atoms with Crippen LogP contribution in [0.25, 0.3) is 0 Å². The van der Waals surface area contributed by atoms with E-state index in [2.05, 4.69) is 17.0 Å². The molecule has 24 heavy (non-hydrogen) atoms. The van der Waals surface area contributed by atoms with E-state index < -0.39 is 6.36 Å². The van der Waals surface area contributed by atoms with Gasteiger partial charge >= 0.3 is 6.36 Å². The van der Waals surface area contributed by atoms with Gasteiger partial charge < -0.3 is 15.0 Å². The van der Waals surface area contributed by atoms with E-state index in [0.29, 0.717) is 19.0 Å². The van der Waals surface area contributed by atoms with Gasteiger partial charge in [0.1, 0.15) is 5.75 Å². The minimum atomic E-state index is -4.68. The molecule has 134 valence electrons. The molecule has 0 unspecified atom stereocenters. The van der Waals surface area contributed by atoms with Crippen LogP contribution < -0.4 is 10.1 Å². The molecule has 4 nitrogen and oxygen atoms in total. The molecule has 1 fully saturated rings. The van der Waals surface area contributed by atoms with E-state index in [1.54, 1.807) is 19.1 Å². The molecule has 1 aromatic rings. The highest BCUT2D eigenvalue weighted by Crippen LogP contribution is 2.24. The minimum absolute atomic E-state index is 0.0869. The predicted octanol–water partition coefficient (Wildman–Crippen LogP) is 3.32. The van der Waals surface area contributed by atoms with Crippen LogP contribution in [0.5, 0.6) is 5.75 Å². The number of rotatable bonds is 5. The molecule has 0 saturated carbocycles. The van der Waals surface area contributed by atoms with Gasteiger partial charge in [-0.3, -0.25) is 4.79 Å². The third-order valence-corrected chi connectivity index (χ3v) is 4.40. The smallest absolute Gasteiger partial charge is 0.406 e. The molecule has 0 spiro atoms. The van der Waals surface area contributed by atoms with Crippen molar-refractivity contribution < 1.29 is 22.7 Å². The molecule has 0 radical (unpaired) electrons. The van der Waals surface area contributed by atoms with Crippen molar-refractivity contribution in [2.24, 2.45) is 5.92 Å². The number of ether oxygens (including phenoxy) is 1. The highest BCUT2D eigenvalue weighted by Gasteiger charge is 2.31. The molecular weight excluding hydrogens is 321 g/mol. The Morgan fingerprint density at radius 2 is 2.17 bits per heavy atom. The largest absolute Gasteiger partial charge is 0.573 e. The third kappa shape index (κ3) is 5.40. The summed E-state index contributed by atoms with van der Waals surface area (Å²) in [6.45, 7) is 5.56. The van der Waals surface area contributed by atoms with E-state index in [4.69, 9.17) is 0 Å². The van der Waals surface area contributed by atoms with Crippen molar-refractivity contribution in [2.45, 2.75) is 45.6 Å². The molecule has 1 amide bonds. The number of alkyl halides is 3. The second kappa shape index (κ2) is 7.88. The molecular formula is C17H23F3N2O2. The zero-order valence-electron chi connectivity index (χ0n) is 13.9. The Labute approximate surface area is 140 Å². The lowest BCUT2D eigenvalue weighted by molar-refractivity contribution is -0.274. The fraction of sp³-hybridized carbons (Fsp3) is 0.588. The monoisotopic (exact) mass is 344 g/mol. The van der Waals surface area contributed by atoms with E-state index in [1.807, 2.05) is 4.90 Å². The number of hydrogen-bond donors (Lipinski definition) is 1. The summed E-state index contributed by atoms with van der Waals surface area (Å²) in [6.07, 6.45) is -2.89. The van der Waals surface area contributed by atoms with Crippen LogP contribution in [0.1, 0.15) is 32.3 Å². The maximum Gasteiger partial charge on any atom is 0.573 e. The van der Waals surface area contributed by atoms with Gasteiger partial charge in [-0.15, -0.1) is 13.2 Å². The molecule has 7 heteroatoms. The maximum absolute atomic E-state index is 12.3. The second-order valence-electron chi connectivity index (χ2n) is 6.10. The van der Waals surface area contributed by atoms with Crippen molar-refractivity contribution in [2.75, 3.05) is 13.1 Å². The standard InChI is InChI=1S/C17H23F3N2O2/c1-3-14-11-22(12(2)23)8-7-16(14)21-10-13-5-4-6-15(9-13)24-17(18,19)20/h4-6,9,14,16,21H,3,7-8,10-11H2,1-2H3/t14-,16-/m0/s1. The van der Waals surface area contributed by atoms with Gasteiger partial charge in [0.05, 0.1) is 0 Å². The first-order chi connectivity index (χ1) is 11.3. The van der Waals surface area contributed by atoms with Crippen molar-refractivity contribution in [3.05, 3.63) is 29.8 Å². The topological polar surface area (TPSA) is 41.6 Å². The number of benzene rings is 1. The molecule has 1 aliphatic heterocycles. The lowest BCUT2D eigenvalue weighted by atomic mass is 9.89. The summed E-state index contributed by atoms with van der Waals surface area (Å²) >= 11 is 0. The van der Waals surface area contributed by atoms with Crippen molar-refractivity contribution in [1.29, 1.82) is 0 Å². The van der Waals surface area contributed by atoms with Gasteiger partial charge in [-0.05, 0) is 30.0 Å². The van der Waals surface area contributed by atoms with Crippen LogP contribution >= 0.6 is 0 Å². The molecule has 0 bridgehead atoms. The van der Waals surface area contributed by atoms with Crippen LogP contribution in [0.15, 0.2) is 24.3 Å². The Balaban J connectivity index is 1.93. The number of piperidine rings is 1. The van der Waals surface area contributed by atoms with E-state index in [0.717, 1.165) is 24.9 Å². The first-order valence-electron chi connectivity index (χ1n) is 8.12. The summed E-state index contributed by atoms with van der Waals surface area (Å²) in [6, 6.07) is 6.25. The van der Waals surface area contributed by atoms with Crippen LogP contribution in [0, 0.1) is 5.92 Å². The van der Waals surface area contributed by atoms with Crippen molar-refractivity contribution in [3.8, 4) is 5.75 Å². The zero-order valence-corrected chi connectivity index (χ0v) is 13.9. The number of hydrogen-bond acceptors (Lipinski definition) is 3. The van der Waals surface area contributed by atoms with Crippen molar-refractivity contribution in [3.63, 3.8) is 0 Å². The van der Waals surface area contributed by atoms with Crippen LogP contribution in [-0.2, 0) is 11.3 Å². The van der Waals surface area contributed by atoms with Gasteiger partial charge in [0, 0.05) is 32.6 Å². The summed E-state index contributed by atoms with van der Waals surface area (Å²) in [5.41, 5.74) is 0.737. The van der Waals surface area contributed by atoms with Gasteiger partial charge in [0.25, 0.3) is 0 Å². The number of halogens is 3. The van der Waals surface area contributed by atoms with Gasteiger partial charge in [-0.25, -0.2) is 0 Å². The number of nitrogens with zero attached hydrogens (tertiary/aromatic N) is 1. The summed E-state index contributed by atoms with van der Waals surface area (Å²) < 4.78 is 40.8. The molecule has 1 saturated heterocycles. The van der Waals surface area contributed by atoms with E-state index in [-0.39, 0.29) is 17.7 Å². The number of nitrogens with one attached hydrogen (secondary N) is 1. The fourth-order valence-electron chi connectivity index (χ4n) is 3.10. The van der Waals surface area contributed by atoms with Crippen LogP contribution in [0.3, 0.4) is 0 Å². The summed E-state index contributed by atoms with van der Waals surface area (Å²) in [5.74, 6) is 0.224. The molecule has 0 aromatic heterocycles. The Morgan fingerprint density at radius 3 is 2.79 bits per heavy atom. The van der Waals surface area contributed by atoms with Crippen molar-refractivity contribution in [1.82, 2.24) is 10.2 Å². The van der Waals surface area contributed by atoms with E-state index in [9.17, 15) is 18.0 Å². The molecule has 2 rings (SSSR count). The Hall–Kier alpha value is -1.76. The lowest BCUT2D eigenvalue weighted by Gasteiger charge is -2.38. The SMILES string of the molecule is CC[C@H]1CN(C(C)=O)CC[C@@H]1NCc1cccc(OC(F)(F)F)c1. The van der Waals surface area contributed by atoms with Gasteiger partial charge in [-0.2, -0.15) is 0 Å². The average Bonchev–Trinajstić information content (AvgIpc) is 2.51. The highest BCUT2D eigenvalue weighted by atomic mass is 19.4. The Kier molecular flexibility index (Phi) is 6.10. The fourth-order valence-corrected chi connectivity index (χ4v) is 3.10. The first kappa shape index (κ1) is 18.6. The number of carbonyl (C=O) groups is 1. The number of likely N-dealkylation sites (tertiary alicyclic amines) is 1. The zero-order chi connectivity index (χ0) is 17.7. The summed E-state index contributed by atoms with van der Waals surface area (Å²) in [7, 11) is 0. The molecule has 1 N–H and O–H groups in total. The van der Waals surface area contributed by atoms with Crippen LogP contribution in [-0.4, -0.2) is 36.3 Å². The molecule has 2 atom stereocenters. The molecule has 1 aromatic carbocycles. The normalized spacial score (nSPS) is 21.6. The van der Waals surface area contributed by atoms with Gasteiger partial charge in [0.2, 0.25) is 5.91 Å². The van der Waals surface area contributed by atoms with Crippen LogP contribution in [0.4, 0.5) is 13.2 Å². The molecule has 1 heterocycles. The maximum atomic E-state index is 12.3. The van der Waals surface area contributed by atoms with E-state index in [1.165, 1.54) is 12.1 Å². The predicted molar refractivity (Wildman–Crippen MR) is 84.4 cm³/mol. The molecule has 1 aliphatic rings. The van der Waals surface area contributed by atoms with Crippen molar-refractivity contribution >= 4 is 5.91 Å². The van der Waals surface area contributed by atoms with Crippen LogP contribution in [0.2, 0.25) is 0 Å². The lowest BCUT2D eigenvalue weighted by Crippen LogP contribution is -2.50. The summed E-state index contributed by atoms with van der Waals surface area (Å²) in [4.78, 5) is 13.3. The quantitative estimate of drug-likeness (QED) is 0.891. The first-order valence-corrected chi connectivity index (χ1v) is 8.12. The minimum Gasteiger partial charge on any atom is -0.406 e. The average molecular weight is 344 g/mol. The molecule has 0 aliphatic carbocycles. The highest BCUT2D eigenvalue weighted by molar-refractivity contribution is 5.73. The number of amides is 1. The third-order valence-electron chi connectivity index (χ3n) is 4.40. The second-order valence-corrected chi connectivity index (χ2v) is 6.10.